The summed E-state index contributed by atoms with van der Waals surface area (Å²) in [4.78, 5) is 14.6. The molecule has 20 heavy (non-hydrogen) atoms. The lowest BCUT2D eigenvalue weighted by Gasteiger charge is -2.24. The summed E-state index contributed by atoms with van der Waals surface area (Å²) in [7, 11) is 1.87. The minimum absolute atomic E-state index is 0.186. The van der Waals surface area contributed by atoms with Crippen molar-refractivity contribution in [2.24, 2.45) is 0 Å². The first-order valence-electron chi connectivity index (χ1n) is 6.96. The Labute approximate surface area is 120 Å². The Kier molecular flexibility index (Phi) is 2.89. The Balaban J connectivity index is 2.12. The van der Waals surface area contributed by atoms with E-state index in [-0.39, 0.29) is 5.91 Å². The Hall–Kier alpha value is -2.09. The van der Waals surface area contributed by atoms with E-state index in [9.17, 15) is 4.79 Å². The van der Waals surface area contributed by atoms with Gasteiger partial charge in [0.25, 0.3) is 0 Å². The van der Waals surface area contributed by atoms with Gasteiger partial charge in [0.15, 0.2) is 0 Å². The van der Waals surface area contributed by atoms with Crippen molar-refractivity contribution in [2.45, 2.75) is 25.7 Å². The van der Waals surface area contributed by atoms with E-state index in [1.54, 1.807) is 4.90 Å². The zero-order chi connectivity index (χ0) is 14.3. The summed E-state index contributed by atoms with van der Waals surface area (Å²) in [5, 5.41) is 0. The first-order valence-corrected chi connectivity index (χ1v) is 6.96. The average Bonchev–Trinajstić information content (AvgIpc) is 2.63. The zero-order valence-electron chi connectivity index (χ0n) is 12.2. The van der Waals surface area contributed by atoms with Crippen molar-refractivity contribution in [3.8, 4) is 0 Å². The number of anilines is 1. The number of aryl methyl sites for hydroxylation is 1. The van der Waals surface area contributed by atoms with Crippen molar-refractivity contribution in [2.75, 3.05) is 11.9 Å². The Morgan fingerprint density at radius 3 is 2.45 bits per heavy atom. The number of fused-ring (bicyclic) bond motifs is 1. The molecule has 1 amide bonds. The van der Waals surface area contributed by atoms with Crippen LogP contribution in [0.1, 0.15) is 23.6 Å². The topological polar surface area (TPSA) is 20.3 Å². The lowest BCUT2D eigenvalue weighted by atomic mass is 9.76. The van der Waals surface area contributed by atoms with E-state index in [0.717, 1.165) is 12.1 Å². The van der Waals surface area contributed by atoms with Gasteiger partial charge >= 0.3 is 0 Å². The molecule has 0 saturated heterocycles. The monoisotopic (exact) mass is 265 g/mol. The molecular formula is C18H19NO. The summed E-state index contributed by atoms with van der Waals surface area (Å²) in [6.45, 7) is 4.16. The predicted octanol–water partition coefficient (Wildman–Crippen LogP) is 3.47. The van der Waals surface area contributed by atoms with Gasteiger partial charge in [-0.05, 0) is 43.0 Å². The van der Waals surface area contributed by atoms with Crippen LogP contribution in [0.4, 0.5) is 5.69 Å². The molecule has 0 spiro atoms. The third kappa shape index (κ3) is 1.75. The molecule has 0 aliphatic carbocycles. The van der Waals surface area contributed by atoms with Crippen LogP contribution in [0, 0.1) is 6.92 Å². The number of benzene rings is 2. The van der Waals surface area contributed by atoms with Crippen LogP contribution in [0.5, 0.6) is 0 Å². The lowest BCUT2D eigenvalue weighted by Crippen LogP contribution is -2.38. The highest BCUT2D eigenvalue weighted by atomic mass is 16.2. The summed E-state index contributed by atoms with van der Waals surface area (Å²) >= 11 is 0. The number of rotatable bonds is 2. The number of amides is 1. The molecule has 0 aromatic heterocycles. The van der Waals surface area contributed by atoms with Gasteiger partial charge in [0, 0.05) is 12.7 Å². The van der Waals surface area contributed by atoms with Gasteiger partial charge in [-0.25, -0.2) is 0 Å². The highest BCUT2D eigenvalue weighted by Crippen LogP contribution is 2.44. The van der Waals surface area contributed by atoms with E-state index in [4.69, 9.17) is 0 Å². The van der Waals surface area contributed by atoms with Crippen molar-refractivity contribution in [3.05, 3.63) is 65.2 Å². The fourth-order valence-electron chi connectivity index (χ4n) is 3.40. The van der Waals surface area contributed by atoms with Gasteiger partial charge in [-0.15, -0.1) is 0 Å². The minimum atomic E-state index is -0.462. The molecule has 3 rings (SSSR count). The first kappa shape index (κ1) is 12.9. The smallest absolute Gasteiger partial charge is 0.237 e. The van der Waals surface area contributed by atoms with Crippen LogP contribution in [0.25, 0.3) is 0 Å². The maximum atomic E-state index is 12.8. The van der Waals surface area contributed by atoms with Crippen LogP contribution in [0.15, 0.2) is 48.5 Å². The van der Waals surface area contributed by atoms with Crippen LogP contribution >= 0.6 is 0 Å². The maximum absolute atomic E-state index is 12.8. The van der Waals surface area contributed by atoms with Crippen molar-refractivity contribution < 1.29 is 4.79 Å². The molecule has 2 nitrogen and oxygen atoms in total. The fourth-order valence-corrected chi connectivity index (χ4v) is 3.40. The molecule has 1 atom stereocenters. The molecule has 0 N–H and O–H groups in total. The van der Waals surface area contributed by atoms with E-state index < -0.39 is 5.41 Å². The van der Waals surface area contributed by atoms with E-state index in [2.05, 4.69) is 32.0 Å². The second-order valence-corrected chi connectivity index (χ2v) is 5.83. The summed E-state index contributed by atoms with van der Waals surface area (Å²) in [6.07, 6.45) is 0.745. The molecule has 0 radical (unpaired) electrons. The molecule has 1 aliphatic rings. The largest absolute Gasteiger partial charge is 0.314 e. The zero-order valence-corrected chi connectivity index (χ0v) is 12.2. The highest BCUT2D eigenvalue weighted by molar-refractivity contribution is 6.08. The molecule has 1 heterocycles. The standard InChI is InChI=1S/C18H19NO/c1-13-8-7-11-15-16(13)18(2,17(20)19(15)3)12-14-9-5-4-6-10-14/h4-11H,12H2,1-3H3. The summed E-state index contributed by atoms with van der Waals surface area (Å²) in [5.74, 6) is 0.186. The van der Waals surface area contributed by atoms with Crippen molar-refractivity contribution in [3.63, 3.8) is 0 Å². The molecule has 0 fully saturated rings. The van der Waals surface area contributed by atoms with E-state index in [1.807, 2.05) is 37.4 Å². The molecule has 0 bridgehead atoms. The Morgan fingerprint density at radius 2 is 1.75 bits per heavy atom. The van der Waals surface area contributed by atoms with E-state index in [0.29, 0.717) is 0 Å². The molecule has 2 heteroatoms. The number of carbonyl (C=O) groups excluding carboxylic acids is 1. The average molecular weight is 265 g/mol. The van der Waals surface area contributed by atoms with E-state index in [1.165, 1.54) is 16.7 Å². The fraction of sp³-hybridized carbons (Fsp3) is 0.278. The van der Waals surface area contributed by atoms with Crippen LogP contribution < -0.4 is 4.90 Å². The van der Waals surface area contributed by atoms with Gasteiger partial charge in [-0.1, -0.05) is 42.5 Å². The van der Waals surface area contributed by atoms with Crippen LogP contribution in [0.2, 0.25) is 0 Å². The number of hydrogen-bond acceptors (Lipinski definition) is 1. The second kappa shape index (κ2) is 4.48. The SMILES string of the molecule is Cc1cccc2c1C(C)(Cc1ccccc1)C(=O)N2C. The maximum Gasteiger partial charge on any atom is 0.237 e. The molecular weight excluding hydrogens is 246 g/mol. The quantitative estimate of drug-likeness (QED) is 0.814. The summed E-state index contributed by atoms with van der Waals surface area (Å²) < 4.78 is 0. The predicted molar refractivity (Wildman–Crippen MR) is 82.1 cm³/mol. The molecule has 102 valence electrons. The Morgan fingerprint density at radius 1 is 1.05 bits per heavy atom. The highest BCUT2D eigenvalue weighted by Gasteiger charge is 2.46. The molecule has 1 unspecified atom stereocenters. The molecule has 2 aromatic rings. The van der Waals surface area contributed by atoms with Crippen molar-refractivity contribution >= 4 is 11.6 Å². The van der Waals surface area contributed by atoms with Gasteiger partial charge in [-0.2, -0.15) is 0 Å². The summed E-state index contributed by atoms with van der Waals surface area (Å²) in [6, 6.07) is 16.4. The lowest BCUT2D eigenvalue weighted by molar-refractivity contribution is -0.122. The van der Waals surface area contributed by atoms with Gasteiger partial charge in [0.1, 0.15) is 0 Å². The van der Waals surface area contributed by atoms with Crippen LogP contribution in [0.3, 0.4) is 0 Å². The summed E-state index contributed by atoms with van der Waals surface area (Å²) in [5.41, 5.74) is 4.16. The van der Waals surface area contributed by atoms with E-state index >= 15 is 0 Å². The second-order valence-electron chi connectivity index (χ2n) is 5.83. The van der Waals surface area contributed by atoms with Gasteiger partial charge in [-0.3, -0.25) is 4.79 Å². The van der Waals surface area contributed by atoms with Gasteiger partial charge in [0.2, 0.25) is 5.91 Å². The number of nitrogens with zero attached hydrogens (tertiary/aromatic N) is 1. The van der Waals surface area contributed by atoms with Crippen molar-refractivity contribution in [1.82, 2.24) is 0 Å². The van der Waals surface area contributed by atoms with Crippen LogP contribution in [-0.4, -0.2) is 13.0 Å². The Bertz CT molecular complexity index is 662. The normalized spacial score (nSPS) is 21.1. The minimum Gasteiger partial charge on any atom is -0.314 e. The van der Waals surface area contributed by atoms with Crippen LogP contribution in [-0.2, 0) is 16.6 Å². The third-order valence-corrected chi connectivity index (χ3v) is 4.34. The third-order valence-electron chi connectivity index (χ3n) is 4.34. The van der Waals surface area contributed by atoms with Crippen molar-refractivity contribution in [1.29, 1.82) is 0 Å². The number of carbonyl (C=O) groups is 1. The first-order chi connectivity index (χ1) is 9.54. The number of hydrogen-bond donors (Lipinski definition) is 0. The molecule has 2 aromatic carbocycles. The number of likely N-dealkylation sites (N-methyl/N-ethyl adjacent to an activating group) is 1. The van der Waals surface area contributed by atoms with Gasteiger partial charge in [0.05, 0.1) is 5.41 Å². The van der Waals surface area contributed by atoms with Gasteiger partial charge < -0.3 is 4.90 Å². The molecule has 1 aliphatic heterocycles. The molecule has 0 saturated carbocycles.